The molecule has 5 nitrogen and oxygen atoms in total. The van der Waals surface area contributed by atoms with Crippen molar-refractivity contribution in [2.75, 3.05) is 13.1 Å². The molecule has 1 aliphatic rings. The van der Waals surface area contributed by atoms with Gasteiger partial charge in [0.25, 0.3) is 0 Å². The predicted molar refractivity (Wildman–Crippen MR) is 96.1 cm³/mol. The van der Waals surface area contributed by atoms with Crippen LogP contribution in [0.15, 0.2) is 53.4 Å². The van der Waals surface area contributed by atoms with Gasteiger partial charge in [-0.15, -0.1) is 0 Å². The van der Waals surface area contributed by atoms with E-state index in [-0.39, 0.29) is 42.2 Å². The molecule has 1 N–H and O–H groups in total. The number of halogens is 2. The second-order valence-electron chi connectivity index (χ2n) is 6.45. The number of amides is 1. The molecule has 27 heavy (non-hydrogen) atoms. The van der Waals surface area contributed by atoms with Gasteiger partial charge >= 0.3 is 0 Å². The number of nitrogens with one attached hydrogen (secondary N) is 1. The zero-order valence-corrected chi connectivity index (χ0v) is 15.4. The maximum atomic E-state index is 13.8. The van der Waals surface area contributed by atoms with Crippen molar-refractivity contribution in [1.82, 2.24) is 9.62 Å². The maximum Gasteiger partial charge on any atom is 0.245 e. The molecule has 0 saturated carbocycles. The molecule has 1 amide bonds. The van der Waals surface area contributed by atoms with Gasteiger partial charge in [0.2, 0.25) is 15.9 Å². The summed E-state index contributed by atoms with van der Waals surface area (Å²) in [6.07, 6.45) is 0.728. The van der Waals surface area contributed by atoms with Crippen molar-refractivity contribution in [2.24, 2.45) is 5.92 Å². The van der Waals surface area contributed by atoms with E-state index in [1.54, 1.807) is 12.1 Å². The van der Waals surface area contributed by atoms with E-state index in [0.717, 1.165) is 11.6 Å². The maximum absolute atomic E-state index is 13.8. The van der Waals surface area contributed by atoms with Crippen LogP contribution in [-0.4, -0.2) is 31.7 Å². The molecule has 0 aromatic heterocycles. The molecule has 2 aromatic carbocycles. The highest BCUT2D eigenvalue weighted by Gasteiger charge is 2.33. The Hall–Kier alpha value is -2.32. The molecule has 0 unspecified atom stereocenters. The third kappa shape index (κ3) is 4.51. The molecule has 0 bridgehead atoms. The van der Waals surface area contributed by atoms with Crippen LogP contribution in [0.4, 0.5) is 8.78 Å². The molecule has 0 atom stereocenters. The van der Waals surface area contributed by atoms with E-state index in [2.05, 4.69) is 5.32 Å². The Balaban J connectivity index is 1.56. The van der Waals surface area contributed by atoms with Gasteiger partial charge in [0, 0.05) is 25.6 Å². The molecule has 144 valence electrons. The Bertz CT molecular complexity index is 909. The van der Waals surface area contributed by atoms with Crippen LogP contribution in [0.1, 0.15) is 18.4 Å². The summed E-state index contributed by atoms with van der Waals surface area (Å²) in [5.74, 6) is -1.59. The van der Waals surface area contributed by atoms with E-state index in [4.69, 9.17) is 0 Å². The van der Waals surface area contributed by atoms with Crippen molar-refractivity contribution >= 4 is 15.9 Å². The smallest absolute Gasteiger partial charge is 0.245 e. The van der Waals surface area contributed by atoms with Crippen LogP contribution in [0, 0.1) is 17.6 Å². The lowest BCUT2D eigenvalue weighted by Gasteiger charge is -2.30. The first-order valence-corrected chi connectivity index (χ1v) is 10.1. The van der Waals surface area contributed by atoms with E-state index < -0.39 is 15.8 Å². The van der Waals surface area contributed by atoms with E-state index in [1.165, 1.54) is 34.6 Å². The normalized spacial score (nSPS) is 16.2. The molecule has 1 fully saturated rings. The summed E-state index contributed by atoms with van der Waals surface area (Å²) in [5, 5.41) is 2.79. The number of sulfonamides is 1. The van der Waals surface area contributed by atoms with Gasteiger partial charge < -0.3 is 5.32 Å². The van der Waals surface area contributed by atoms with Crippen LogP contribution in [0.5, 0.6) is 0 Å². The molecule has 1 aliphatic heterocycles. The lowest BCUT2D eigenvalue weighted by molar-refractivity contribution is -0.126. The van der Waals surface area contributed by atoms with Crippen LogP contribution in [-0.2, 0) is 21.4 Å². The Kier molecular flexibility index (Phi) is 5.86. The lowest BCUT2D eigenvalue weighted by atomic mass is 9.97. The summed E-state index contributed by atoms with van der Waals surface area (Å²) in [5.41, 5.74) is 0.782. The van der Waals surface area contributed by atoms with E-state index in [9.17, 15) is 22.0 Å². The Morgan fingerprint density at radius 3 is 2.30 bits per heavy atom. The SMILES string of the molecule is O=C(NCc1ccc(F)cc1)C1CCN(S(=O)(=O)c2ccccc2F)CC1. The molecule has 0 radical (unpaired) electrons. The zero-order valence-electron chi connectivity index (χ0n) is 14.6. The number of benzene rings is 2. The number of piperidine rings is 1. The van der Waals surface area contributed by atoms with Crippen molar-refractivity contribution < 1.29 is 22.0 Å². The lowest BCUT2D eigenvalue weighted by Crippen LogP contribution is -2.43. The first-order chi connectivity index (χ1) is 12.9. The number of nitrogens with zero attached hydrogens (tertiary/aromatic N) is 1. The van der Waals surface area contributed by atoms with E-state index in [0.29, 0.717) is 12.8 Å². The molecule has 1 heterocycles. The first kappa shape index (κ1) is 19.4. The van der Waals surface area contributed by atoms with Crippen LogP contribution in [0.2, 0.25) is 0 Å². The quantitative estimate of drug-likeness (QED) is 0.848. The zero-order chi connectivity index (χ0) is 19.4. The minimum atomic E-state index is -3.91. The number of hydrogen-bond donors (Lipinski definition) is 1. The van der Waals surface area contributed by atoms with Gasteiger partial charge in [0.15, 0.2) is 0 Å². The number of hydrogen-bond acceptors (Lipinski definition) is 3. The van der Waals surface area contributed by atoms with Crippen molar-refractivity contribution in [3.8, 4) is 0 Å². The number of rotatable bonds is 5. The predicted octanol–water partition coefficient (Wildman–Crippen LogP) is 2.68. The average Bonchev–Trinajstić information content (AvgIpc) is 2.67. The largest absolute Gasteiger partial charge is 0.352 e. The minimum Gasteiger partial charge on any atom is -0.352 e. The molecule has 0 spiro atoms. The van der Waals surface area contributed by atoms with Gasteiger partial charge in [0.05, 0.1) is 0 Å². The fraction of sp³-hybridized carbons (Fsp3) is 0.316. The van der Waals surface area contributed by atoms with Crippen LogP contribution in [0.25, 0.3) is 0 Å². The van der Waals surface area contributed by atoms with Crippen molar-refractivity contribution in [2.45, 2.75) is 24.3 Å². The Morgan fingerprint density at radius 2 is 1.67 bits per heavy atom. The van der Waals surface area contributed by atoms with Crippen LogP contribution >= 0.6 is 0 Å². The third-order valence-corrected chi connectivity index (χ3v) is 6.59. The summed E-state index contributed by atoms with van der Waals surface area (Å²) < 4.78 is 53.1. The highest BCUT2D eigenvalue weighted by molar-refractivity contribution is 7.89. The molecule has 2 aromatic rings. The van der Waals surface area contributed by atoms with Crippen LogP contribution in [0.3, 0.4) is 0 Å². The highest BCUT2D eigenvalue weighted by Crippen LogP contribution is 2.25. The van der Waals surface area contributed by atoms with Crippen molar-refractivity contribution in [3.05, 3.63) is 65.7 Å². The Labute approximate surface area is 157 Å². The molecular formula is C19H20F2N2O3S. The first-order valence-electron chi connectivity index (χ1n) is 8.65. The average molecular weight is 394 g/mol. The van der Waals surface area contributed by atoms with E-state index >= 15 is 0 Å². The summed E-state index contributed by atoms with van der Waals surface area (Å²) in [4.78, 5) is 12.0. The highest BCUT2D eigenvalue weighted by atomic mass is 32.2. The molecular weight excluding hydrogens is 374 g/mol. The topological polar surface area (TPSA) is 66.5 Å². The second-order valence-corrected chi connectivity index (χ2v) is 8.36. The van der Waals surface area contributed by atoms with Crippen molar-refractivity contribution in [3.63, 3.8) is 0 Å². The standard InChI is InChI=1S/C19H20F2N2O3S/c20-16-7-5-14(6-8-16)13-22-19(24)15-9-11-23(12-10-15)27(25,26)18-4-2-1-3-17(18)21/h1-8,15H,9-13H2,(H,22,24). The molecule has 8 heteroatoms. The van der Waals surface area contributed by atoms with Gasteiger partial charge in [-0.2, -0.15) is 4.31 Å². The van der Waals surface area contributed by atoms with E-state index in [1.807, 2.05) is 0 Å². The fourth-order valence-corrected chi connectivity index (χ4v) is 4.62. The van der Waals surface area contributed by atoms with Gasteiger partial charge in [-0.05, 0) is 42.7 Å². The molecule has 3 rings (SSSR count). The number of carbonyl (C=O) groups is 1. The Morgan fingerprint density at radius 1 is 1.04 bits per heavy atom. The van der Waals surface area contributed by atoms with Crippen molar-refractivity contribution in [1.29, 1.82) is 0 Å². The van der Waals surface area contributed by atoms with Gasteiger partial charge in [0.1, 0.15) is 16.5 Å². The van der Waals surface area contributed by atoms with Gasteiger partial charge in [-0.25, -0.2) is 17.2 Å². The summed E-state index contributed by atoms with van der Waals surface area (Å²) >= 11 is 0. The van der Waals surface area contributed by atoms with Gasteiger partial charge in [-0.1, -0.05) is 24.3 Å². The monoisotopic (exact) mass is 394 g/mol. The summed E-state index contributed by atoms with van der Waals surface area (Å²) in [6.45, 7) is 0.601. The summed E-state index contributed by atoms with van der Waals surface area (Å²) in [7, 11) is -3.91. The summed E-state index contributed by atoms with van der Waals surface area (Å²) in [6, 6.07) is 11.1. The minimum absolute atomic E-state index is 0.158. The molecule has 0 aliphatic carbocycles. The van der Waals surface area contributed by atoms with Crippen LogP contribution < -0.4 is 5.32 Å². The molecule has 1 saturated heterocycles. The third-order valence-electron chi connectivity index (χ3n) is 4.66. The fourth-order valence-electron chi connectivity index (χ4n) is 3.09. The number of carbonyl (C=O) groups excluding carboxylic acids is 1. The second kappa shape index (κ2) is 8.14. The van der Waals surface area contributed by atoms with Gasteiger partial charge in [-0.3, -0.25) is 4.79 Å².